The van der Waals surface area contributed by atoms with E-state index in [9.17, 15) is 0 Å². The number of hydrogen-bond donors (Lipinski definition) is 1. The highest BCUT2D eigenvalue weighted by atomic mass is 32.2. The molecule has 2 N–H and O–H groups in total. The van der Waals surface area contributed by atoms with Crippen molar-refractivity contribution in [2.24, 2.45) is 5.73 Å². The summed E-state index contributed by atoms with van der Waals surface area (Å²) in [7, 11) is 0. The van der Waals surface area contributed by atoms with Crippen molar-refractivity contribution in [2.75, 3.05) is 24.2 Å². The summed E-state index contributed by atoms with van der Waals surface area (Å²) in [6, 6.07) is 8.80. The van der Waals surface area contributed by atoms with Gasteiger partial charge in [0.25, 0.3) is 0 Å². The minimum Gasteiger partial charge on any atom is -0.371 e. The molecule has 0 radical (unpaired) electrons. The molecule has 2 nitrogen and oxygen atoms in total. The van der Waals surface area contributed by atoms with Crippen LogP contribution in [0.4, 0.5) is 5.69 Å². The van der Waals surface area contributed by atoms with Crippen LogP contribution in [0.5, 0.6) is 0 Å². The predicted molar refractivity (Wildman–Crippen MR) is 82.4 cm³/mol. The van der Waals surface area contributed by atoms with E-state index in [1.165, 1.54) is 37.2 Å². The largest absolute Gasteiger partial charge is 0.371 e. The van der Waals surface area contributed by atoms with E-state index in [4.69, 9.17) is 5.73 Å². The Morgan fingerprint density at radius 3 is 2.61 bits per heavy atom. The maximum atomic E-state index is 6.22. The molecule has 0 amide bonds. The molecule has 1 fully saturated rings. The maximum Gasteiger partial charge on any atom is 0.0414 e. The lowest BCUT2D eigenvalue weighted by Crippen LogP contribution is -2.35. The van der Waals surface area contributed by atoms with Gasteiger partial charge in [-0.2, -0.15) is 11.8 Å². The van der Waals surface area contributed by atoms with E-state index in [-0.39, 0.29) is 6.04 Å². The zero-order valence-electron chi connectivity index (χ0n) is 11.4. The Labute approximate surface area is 115 Å². The Morgan fingerprint density at radius 2 is 2.00 bits per heavy atom. The second kappa shape index (κ2) is 6.48. The molecule has 1 aromatic carbocycles. The summed E-state index contributed by atoms with van der Waals surface area (Å²) in [4.78, 5) is 2.51. The third-order valence-electron chi connectivity index (χ3n) is 3.89. The number of nitrogens with zero attached hydrogens (tertiary/aromatic N) is 1. The van der Waals surface area contributed by atoms with Crippen molar-refractivity contribution in [3.8, 4) is 0 Å². The van der Waals surface area contributed by atoms with Crippen LogP contribution < -0.4 is 10.6 Å². The van der Waals surface area contributed by atoms with Crippen molar-refractivity contribution in [1.29, 1.82) is 0 Å². The summed E-state index contributed by atoms with van der Waals surface area (Å²) in [5.74, 6) is 0. The molecule has 0 aliphatic carbocycles. The topological polar surface area (TPSA) is 29.3 Å². The Bertz CT molecular complexity index is 373. The fourth-order valence-corrected chi connectivity index (χ4v) is 3.32. The van der Waals surface area contributed by atoms with Gasteiger partial charge in [0.1, 0.15) is 0 Å². The molecule has 1 heterocycles. The Hall–Kier alpha value is -0.670. The Morgan fingerprint density at radius 1 is 1.33 bits per heavy atom. The minimum absolute atomic E-state index is 0.166. The van der Waals surface area contributed by atoms with Crippen molar-refractivity contribution in [3.05, 3.63) is 29.8 Å². The third kappa shape index (κ3) is 3.01. The normalized spacial score (nSPS) is 18.9. The van der Waals surface area contributed by atoms with Crippen LogP contribution in [0.15, 0.2) is 24.3 Å². The molecule has 1 atom stereocenters. The smallest absolute Gasteiger partial charge is 0.0414 e. The molecule has 0 spiro atoms. The van der Waals surface area contributed by atoms with Crippen LogP contribution in [0.2, 0.25) is 0 Å². The number of thioether (sulfide) groups is 1. The van der Waals surface area contributed by atoms with Crippen LogP contribution in [0.1, 0.15) is 37.8 Å². The van der Waals surface area contributed by atoms with Crippen LogP contribution in [-0.4, -0.2) is 24.6 Å². The van der Waals surface area contributed by atoms with Crippen molar-refractivity contribution in [3.63, 3.8) is 0 Å². The van der Waals surface area contributed by atoms with E-state index < -0.39 is 0 Å². The molecule has 0 unspecified atom stereocenters. The Balaban J connectivity index is 2.13. The lowest BCUT2D eigenvalue weighted by Gasteiger charge is -2.35. The molecular formula is C15H24N2S. The zero-order chi connectivity index (χ0) is 13.0. The summed E-state index contributed by atoms with van der Waals surface area (Å²) in [6.45, 7) is 4.49. The van der Waals surface area contributed by atoms with Gasteiger partial charge >= 0.3 is 0 Å². The van der Waals surface area contributed by atoms with Gasteiger partial charge in [0.05, 0.1) is 0 Å². The van der Waals surface area contributed by atoms with Crippen LogP contribution >= 0.6 is 11.8 Å². The first kappa shape index (κ1) is 13.8. The molecule has 2 rings (SSSR count). The fourth-order valence-electron chi connectivity index (χ4n) is 2.64. The van der Waals surface area contributed by atoms with Crippen LogP contribution in [-0.2, 0) is 0 Å². The SMILES string of the molecule is CC[C@@H](N)c1ccccc1N1CCC(SC)CC1. The molecular weight excluding hydrogens is 240 g/mol. The van der Waals surface area contributed by atoms with Gasteiger partial charge in [0.2, 0.25) is 0 Å². The fraction of sp³-hybridized carbons (Fsp3) is 0.600. The highest BCUT2D eigenvalue weighted by Gasteiger charge is 2.21. The molecule has 1 aliphatic heterocycles. The summed E-state index contributed by atoms with van der Waals surface area (Å²) in [5.41, 5.74) is 8.89. The summed E-state index contributed by atoms with van der Waals surface area (Å²) in [6.07, 6.45) is 5.80. The average Bonchev–Trinajstić information content (AvgIpc) is 2.46. The van der Waals surface area contributed by atoms with Crippen LogP contribution in [0, 0.1) is 0 Å². The van der Waals surface area contributed by atoms with E-state index in [1.54, 1.807) is 0 Å². The number of rotatable bonds is 4. The third-order valence-corrected chi connectivity index (χ3v) is 5.03. The molecule has 3 heteroatoms. The molecule has 0 aromatic heterocycles. The highest BCUT2D eigenvalue weighted by molar-refractivity contribution is 7.99. The highest BCUT2D eigenvalue weighted by Crippen LogP contribution is 2.30. The lowest BCUT2D eigenvalue weighted by atomic mass is 10.0. The molecule has 0 bridgehead atoms. The van der Waals surface area contributed by atoms with Gasteiger partial charge in [-0.05, 0) is 37.1 Å². The summed E-state index contributed by atoms with van der Waals surface area (Å²) < 4.78 is 0. The number of para-hydroxylation sites is 1. The number of hydrogen-bond acceptors (Lipinski definition) is 3. The number of anilines is 1. The van der Waals surface area contributed by atoms with E-state index in [2.05, 4.69) is 42.3 Å². The predicted octanol–water partition coefficient (Wildman–Crippen LogP) is 3.43. The van der Waals surface area contributed by atoms with Crippen LogP contribution in [0.3, 0.4) is 0 Å². The number of benzene rings is 1. The van der Waals surface area contributed by atoms with Crippen molar-refractivity contribution >= 4 is 17.4 Å². The molecule has 1 saturated heterocycles. The van der Waals surface area contributed by atoms with E-state index in [0.29, 0.717) is 0 Å². The summed E-state index contributed by atoms with van der Waals surface area (Å²) >= 11 is 2.01. The molecule has 100 valence electrons. The quantitative estimate of drug-likeness (QED) is 0.903. The average molecular weight is 264 g/mol. The van der Waals surface area contributed by atoms with Crippen molar-refractivity contribution in [1.82, 2.24) is 0 Å². The van der Waals surface area contributed by atoms with Gasteiger partial charge in [-0.15, -0.1) is 0 Å². The maximum absolute atomic E-state index is 6.22. The van der Waals surface area contributed by atoms with Gasteiger partial charge < -0.3 is 10.6 Å². The first-order valence-corrected chi connectivity index (χ1v) is 8.17. The molecule has 18 heavy (non-hydrogen) atoms. The van der Waals surface area contributed by atoms with E-state index >= 15 is 0 Å². The van der Waals surface area contributed by atoms with Gasteiger partial charge in [0, 0.05) is 30.1 Å². The van der Waals surface area contributed by atoms with Crippen molar-refractivity contribution < 1.29 is 0 Å². The Kier molecular flexibility index (Phi) is 4.95. The van der Waals surface area contributed by atoms with Gasteiger partial charge in [-0.25, -0.2) is 0 Å². The lowest BCUT2D eigenvalue weighted by molar-refractivity contribution is 0.585. The number of piperidine rings is 1. The van der Waals surface area contributed by atoms with Gasteiger partial charge in [0.15, 0.2) is 0 Å². The van der Waals surface area contributed by atoms with E-state index in [1.807, 2.05) is 11.8 Å². The van der Waals surface area contributed by atoms with Crippen LogP contribution in [0.25, 0.3) is 0 Å². The van der Waals surface area contributed by atoms with Crippen molar-refractivity contribution in [2.45, 2.75) is 37.5 Å². The van der Waals surface area contributed by atoms with Gasteiger partial charge in [-0.1, -0.05) is 25.1 Å². The molecule has 0 saturated carbocycles. The monoisotopic (exact) mass is 264 g/mol. The zero-order valence-corrected chi connectivity index (χ0v) is 12.2. The first-order valence-electron chi connectivity index (χ1n) is 6.88. The molecule has 1 aliphatic rings. The standard InChI is InChI=1S/C15H24N2S/c1-3-14(16)13-6-4-5-7-15(13)17-10-8-12(18-2)9-11-17/h4-7,12,14H,3,8-11,16H2,1-2H3/t14-/m1/s1. The van der Waals surface area contributed by atoms with Gasteiger partial charge in [-0.3, -0.25) is 0 Å². The van der Waals surface area contributed by atoms with E-state index in [0.717, 1.165) is 11.7 Å². The number of nitrogens with two attached hydrogens (primary N) is 1. The first-order chi connectivity index (χ1) is 8.76. The summed E-state index contributed by atoms with van der Waals surface area (Å²) in [5, 5.41) is 0.841. The molecule has 1 aromatic rings. The minimum atomic E-state index is 0.166. The second-order valence-corrected chi connectivity index (χ2v) is 6.13. The second-order valence-electron chi connectivity index (χ2n) is 5.00.